The minimum atomic E-state index is 0.247. The van der Waals surface area contributed by atoms with Gasteiger partial charge in [-0.05, 0) is 37.6 Å². The fourth-order valence-electron chi connectivity index (χ4n) is 2.00. The number of oxazole rings is 1. The standard InChI is InChI=1S/C16H22N2O2S/c1-4-8-17-15(11-21-16-18-12(2)10-20-16)13-6-5-7-14(9-13)19-3/h5-7,9-10,15,17H,4,8,11H2,1-3H3. The molecule has 0 aliphatic carbocycles. The summed E-state index contributed by atoms with van der Waals surface area (Å²) in [6.45, 7) is 5.08. The molecule has 0 saturated carbocycles. The topological polar surface area (TPSA) is 47.3 Å². The van der Waals surface area contributed by atoms with E-state index < -0.39 is 0 Å². The molecular formula is C16H22N2O2S. The number of methoxy groups -OCH3 is 1. The van der Waals surface area contributed by atoms with Gasteiger partial charge in [-0.2, -0.15) is 0 Å². The van der Waals surface area contributed by atoms with E-state index in [2.05, 4.69) is 29.4 Å². The number of ether oxygens (including phenoxy) is 1. The Hall–Kier alpha value is -1.46. The molecule has 1 aromatic carbocycles. The lowest BCUT2D eigenvalue weighted by Crippen LogP contribution is -2.24. The zero-order valence-corrected chi connectivity index (χ0v) is 13.6. The first-order valence-electron chi connectivity index (χ1n) is 7.15. The second-order valence-corrected chi connectivity index (χ2v) is 5.82. The summed E-state index contributed by atoms with van der Waals surface area (Å²) in [5, 5.41) is 4.29. The molecule has 1 heterocycles. The van der Waals surface area contributed by atoms with Gasteiger partial charge in [-0.15, -0.1) is 0 Å². The SMILES string of the molecule is CCCNC(CSc1nc(C)co1)c1cccc(OC)c1. The van der Waals surface area contributed by atoms with Gasteiger partial charge < -0.3 is 14.5 Å². The van der Waals surface area contributed by atoms with Gasteiger partial charge in [-0.3, -0.25) is 0 Å². The van der Waals surface area contributed by atoms with Crippen LogP contribution >= 0.6 is 11.8 Å². The molecule has 0 amide bonds. The maximum atomic E-state index is 5.40. The van der Waals surface area contributed by atoms with E-state index in [0.29, 0.717) is 0 Å². The number of thioether (sulfide) groups is 1. The fourth-order valence-corrected chi connectivity index (χ4v) is 2.95. The Labute approximate surface area is 130 Å². The predicted octanol–water partition coefficient (Wildman–Crippen LogP) is 3.82. The second kappa shape index (κ2) is 8.10. The first-order valence-corrected chi connectivity index (χ1v) is 8.13. The highest BCUT2D eigenvalue weighted by Gasteiger charge is 2.13. The monoisotopic (exact) mass is 306 g/mol. The summed E-state index contributed by atoms with van der Waals surface area (Å²) in [7, 11) is 1.69. The van der Waals surface area contributed by atoms with E-state index in [1.54, 1.807) is 25.1 Å². The van der Waals surface area contributed by atoms with Gasteiger partial charge in [0.15, 0.2) is 0 Å². The van der Waals surface area contributed by atoms with Crippen molar-refractivity contribution in [1.29, 1.82) is 0 Å². The molecule has 1 atom stereocenters. The van der Waals surface area contributed by atoms with Crippen molar-refractivity contribution in [3.8, 4) is 5.75 Å². The van der Waals surface area contributed by atoms with Gasteiger partial charge >= 0.3 is 0 Å². The zero-order chi connectivity index (χ0) is 15.1. The first-order chi connectivity index (χ1) is 10.2. The van der Waals surface area contributed by atoms with Crippen molar-refractivity contribution >= 4 is 11.8 Å². The number of hydrogen-bond donors (Lipinski definition) is 1. The van der Waals surface area contributed by atoms with Crippen LogP contribution < -0.4 is 10.1 Å². The fraction of sp³-hybridized carbons (Fsp3) is 0.438. The second-order valence-electron chi connectivity index (χ2n) is 4.85. The van der Waals surface area contributed by atoms with Gasteiger partial charge in [0, 0.05) is 11.8 Å². The van der Waals surface area contributed by atoms with Crippen molar-refractivity contribution in [2.24, 2.45) is 0 Å². The molecule has 0 saturated heterocycles. The van der Waals surface area contributed by atoms with Crippen LogP contribution in [0.1, 0.15) is 30.6 Å². The molecule has 0 radical (unpaired) electrons. The van der Waals surface area contributed by atoms with Crippen molar-refractivity contribution < 1.29 is 9.15 Å². The van der Waals surface area contributed by atoms with Gasteiger partial charge in [0.2, 0.25) is 0 Å². The minimum Gasteiger partial charge on any atom is -0.497 e. The number of aromatic nitrogens is 1. The third kappa shape index (κ3) is 4.79. The molecule has 4 nitrogen and oxygen atoms in total. The van der Waals surface area contributed by atoms with Gasteiger partial charge in [0.25, 0.3) is 5.22 Å². The summed E-state index contributed by atoms with van der Waals surface area (Å²) in [6, 6.07) is 8.43. The van der Waals surface area contributed by atoms with Crippen LogP contribution in [0.25, 0.3) is 0 Å². The van der Waals surface area contributed by atoms with Crippen molar-refractivity contribution in [2.45, 2.75) is 31.5 Å². The minimum absolute atomic E-state index is 0.247. The third-order valence-corrected chi connectivity index (χ3v) is 4.04. The maximum absolute atomic E-state index is 5.40. The third-order valence-electron chi connectivity index (χ3n) is 3.11. The van der Waals surface area contributed by atoms with E-state index in [4.69, 9.17) is 9.15 Å². The average Bonchev–Trinajstić information content (AvgIpc) is 2.93. The van der Waals surface area contributed by atoms with E-state index in [9.17, 15) is 0 Å². The predicted molar refractivity (Wildman–Crippen MR) is 86.0 cm³/mol. The molecular weight excluding hydrogens is 284 g/mol. The molecule has 21 heavy (non-hydrogen) atoms. The van der Waals surface area contributed by atoms with Crippen LogP contribution in [0.5, 0.6) is 5.75 Å². The zero-order valence-electron chi connectivity index (χ0n) is 12.8. The van der Waals surface area contributed by atoms with Crippen LogP contribution in [-0.2, 0) is 0 Å². The molecule has 2 aromatic rings. The smallest absolute Gasteiger partial charge is 0.255 e. The van der Waals surface area contributed by atoms with Gasteiger partial charge in [-0.1, -0.05) is 30.8 Å². The van der Waals surface area contributed by atoms with Crippen LogP contribution in [0.2, 0.25) is 0 Å². The number of aryl methyl sites for hydroxylation is 1. The summed E-state index contributed by atoms with van der Waals surface area (Å²) in [5.74, 6) is 1.75. The summed E-state index contributed by atoms with van der Waals surface area (Å²) < 4.78 is 10.7. The van der Waals surface area contributed by atoms with E-state index in [1.165, 1.54) is 5.56 Å². The Morgan fingerprint density at radius 2 is 2.29 bits per heavy atom. The average molecular weight is 306 g/mol. The Kier molecular flexibility index (Phi) is 6.14. The Morgan fingerprint density at radius 3 is 2.95 bits per heavy atom. The van der Waals surface area contributed by atoms with Crippen molar-refractivity contribution in [3.05, 3.63) is 41.8 Å². The van der Waals surface area contributed by atoms with E-state index in [0.717, 1.165) is 35.4 Å². The van der Waals surface area contributed by atoms with Crippen LogP contribution in [0.3, 0.4) is 0 Å². The van der Waals surface area contributed by atoms with E-state index in [1.807, 2.05) is 19.1 Å². The van der Waals surface area contributed by atoms with Gasteiger partial charge in [0.05, 0.1) is 12.8 Å². The Balaban J connectivity index is 2.05. The van der Waals surface area contributed by atoms with Crippen molar-refractivity contribution in [2.75, 3.05) is 19.4 Å². The maximum Gasteiger partial charge on any atom is 0.255 e. The highest BCUT2D eigenvalue weighted by molar-refractivity contribution is 7.99. The highest BCUT2D eigenvalue weighted by atomic mass is 32.2. The number of hydrogen-bond acceptors (Lipinski definition) is 5. The van der Waals surface area contributed by atoms with Crippen LogP contribution in [0.4, 0.5) is 0 Å². The molecule has 0 fully saturated rings. The molecule has 0 aliphatic rings. The molecule has 1 aromatic heterocycles. The largest absolute Gasteiger partial charge is 0.497 e. The highest BCUT2D eigenvalue weighted by Crippen LogP contribution is 2.26. The molecule has 1 N–H and O–H groups in total. The van der Waals surface area contributed by atoms with Gasteiger partial charge in [0.1, 0.15) is 12.0 Å². The van der Waals surface area contributed by atoms with Crippen LogP contribution in [-0.4, -0.2) is 24.4 Å². The lowest BCUT2D eigenvalue weighted by molar-refractivity contribution is 0.413. The summed E-state index contributed by atoms with van der Waals surface area (Å²) in [4.78, 5) is 4.33. The van der Waals surface area contributed by atoms with Gasteiger partial charge in [-0.25, -0.2) is 4.98 Å². The quantitative estimate of drug-likeness (QED) is 0.751. The summed E-state index contributed by atoms with van der Waals surface area (Å²) in [5.41, 5.74) is 2.13. The number of nitrogens with zero attached hydrogens (tertiary/aromatic N) is 1. The molecule has 1 unspecified atom stereocenters. The van der Waals surface area contributed by atoms with E-state index in [-0.39, 0.29) is 6.04 Å². The first kappa shape index (κ1) is 15.9. The molecule has 0 bridgehead atoms. The molecule has 0 spiro atoms. The van der Waals surface area contributed by atoms with E-state index >= 15 is 0 Å². The number of rotatable bonds is 8. The van der Waals surface area contributed by atoms with Crippen molar-refractivity contribution in [3.63, 3.8) is 0 Å². The number of nitrogens with one attached hydrogen (secondary N) is 1. The lowest BCUT2D eigenvalue weighted by atomic mass is 10.1. The summed E-state index contributed by atoms with van der Waals surface area (Å²) in [6.07, 6.45) is 2.78. The molecule has 114 valence electrons. The molecule has 2 rings (SSSR count). The summed E-state index contributed by atoms with van der Waals surface area (Å²) >= 11 is 1.63. The molecule has 0 aliphatic heterocycles. The lowest BCUT2D eigenvalue weighted by Gasteiger charge is -2.18. The van der Waals surface area contributed by atoms with Crippen LogP contribution in [0.15, 0.2) is 40.2 Å². The van der Waals surface area contributed by atoms with Crippen LogP contribution in [0, 0.1) is 6.92 Å². The van der Waals surface area contributed by atoms with Crippen molar-refractivity contribution in [1.82, 2.24) is 10.3 Å². The Morgan fingerprint density at radius 1 is 1.43 bits per heavy atom. The molecule has 5 heteroatoms. The Bertz CT molecular complexity index is 557. The normalized spacial score (nSPS) is 12.3. The number of benzene rings is 1.